The molecule has 15 heavy (non-hydrogen) atoms. The number of carbonyl (C=O) groups is 2. The van der Waals surface area contributed by atoms with Crippen molar-refractivity contribution < 1.29 is 14.0 Å². The van der Waals surface area contributed by atoms with E-state index in [0.29, 0.717) is 6.29 Å². The van der Waals surface area contributed by atoms with Gasteiger partial charge in [0.25, 0.3) is 0 Å². The van der Waals surface area contributed by atoms with Gasteiger partial charge in [0.1, 0.15) is 5.82 Å². The van der Waals surface area contributed by atoms with E-state index in [4.69, 9.17) is 5.26 Å². The summed E-state index contributed by atoms with van der Waals surface area (Å²) >= 11 is 2.89. The van der Waals surface area contributed by atoms with Crippen LogP contribution in [0.3, 0.4) is 0 Å². The van der Waals surface area contributed by atoms with Crippen molar-refractivity contribution >= 4 is 28.0 Å². The molecule has 0 spiro atoms. The summed E-state index contributed by atoms with van der Waals surface area (Å²) in [6.45, 7) is 0. The number of alkyl halides is 1. The lowest BCUT2D eigenvalue weighted by atomic mass is 10.0. The molecule has 0 aliphatic rings. The van der Waals surface area contributed by atoms with Crippen LogP contribution in [0.15, 0.2) is 12.1 Å². The molecule has 0 bridgehead atoms. The largest absolute Gasteiger partial charge is 0.298 e. The van der Waals surface area contributed by atoms with E-state index in [1.807, 2.05) is 0 Å². The first-order valence-corrected chi connectivity index (χ1v) is 5.04. The number of aldehydes is 1. The number of benzene rings is 1. The van der Waals surface area contributed by atoms with Gasteiger partial charge in [0.15, 0.2) is 12.1 Å². The van der Waals surface area contributed by atoms with E-state index in [9.17, 15) is 14.0 Å². The van der Waals surface area contributed by atoms with Gasteiger partial charge in [0.2, 0.25) is 0 Å². The van der Waals surface area contributed by atoms with Gasteiger partial charge < -0.3 is 0 Å². The van der Waals surface area contributed by atoms with Crippen LogP contribution in [0.25, 0.3) is 0 Å². The maximum Gasteiger partial charge on any atom is 0.177 e. The number of ketones is 1. The number of hydrogen-bond donors (Lipinski definition) is 0. The lowest BCUT2D eigenvalue weighted by molar-refractivity contribution is 0.101. The fourth-order valence-corrected chi connectivity index (χ4v) is 1.43. The maximum absolute atomic E-state index is 13.4. The van der Waals surface area contributed by atoms with Gasteiger partial charge in [-0.25, -0.2) is 4.39 Å². The molecule has 3 nitrogen and oxygen atoms in total. The number of hydrogen-bond acceptors (Lipinski definition) is 3. The average molecular weight is 270 g/mol. The van der Waals surface area contributed by atoms with E-state index >= 15 is 0 Å². The normalized spacial score (nSPS) is 9.40. The zero-order valence-corrected chi connectivity index (χ0v) is 9.04. The fraction of sp³-hybridized carbons (Fsp3) is 0.100. The summed E-state index contributed by atoms with van der Waals surface area (Å²) in [6, 6.07) is 3.82. The van der Waals surface area contributed by atoms with E-state index in [2.05, 4.69) is 15.9 Å². The predicted octanol–water partition coefficient (Wildman–Crippen LogP) is 2.09. The summed E-state index contributed by atoms with van der Waals surface area (Å²) in [5.74, 6) is -1.38. The Kier molecular flexibility index (Phi) is 3.69. The second-order valence-electron chi connectivity index (χ2n) is 2.71. The highest BCUT2D eigenvalue weighted by Gasteiger charge is 2.16. The van der Waals surface area contributed by atoms with Gasteiger partial charge in [0.05, 0.1) is 22.5 Å². The van der Waals surface area contributed by atoms with Crippen LogP contribution >= 0.6 is 15.9 Å². The summed E-state index contributed by atoms with van der Waals surface area (Å²) in [7, 11) is 0. The first-order chi connectivity index (χ1) is 7.13. The Morgan fingerprint density at radius 3 is 2.73 bits per heavy atom. The Labute approximate surface area is 93.6 Å². The molecule has 76 valence electrons. The third kappa shape index (κ3) is 2.28. The summed E-state index contributed by atoms with van der Waals surface area (Å²) < 4.78 is 13.4. The van der Waals surface area contributed by atoms with Gasteiger partial charge in [-0.3, -0.25) is 9.59 Å². The molecule has 0 heterocycles. The number of nitrogens with zero attached hydrogens (tertiary/aromatic N) is 1. The van der Waals surface area contributed by atoms with Gasteiger partial charge in [0, 0.05) is 5.56 Å². The molecule has 0 aromatic heterocycles. The Morgan fingerprint density at radius 1 is 1.60 bits per heavy atom. The molecular formula is C10H5BrFNO2. The molecule has 0 unspecified atom stereocenters. The van der Waals surface area contributed by atoms with Crippen LogP contribution in [-0.2, 0) is 0 Å². The maximum atomic E-state index is 13.4. The van der Waals surface area contributed by atoms with Crippen LogP contribution in [0, 0.1) is 17.1 Å². The molecule has 0 aliphatic carbocycles. The number of halogens is 2. The number of carbonyl (C=O) groups excluding carboxylic acids is 2. The summed E-state index contributed by atoms with van der Waals surface area (Å²) in [5.41, 5.74) is -0.363. The standard InChI is InChI=1S/C10H5BrFNO2/c11-3-9(15)10-7(5-14)1-6(4-13)2-8(10)12/h1-2,5H,3H2. The van der Waals surface area contributed by atoms with E-state index in [1.165, 1.54) is 6.07 Å². The molecule has 1 aromatic rings. The molecule has 0 saturated heterocycles. The van der Waals surface area contributed by atoms with E-state index in [1.54, 1.807) is 6.07 Å². The van der Waals surface area contributed by atoms with Crippen molar-refractivity contribution in [3.05, 3.63) is 34.6 Å². The molecule has 1 aromatic carbocycles. The number of rotatable bonds is 3. The summed E-state index contributed by atoms with van der Waals surface area (Å²) in [4.78, 5) is 21.9. The van der Waals surface area contributed by atoms with Crippen molar-refractivity contribution in [3.63, 3.8) is 0 Å². The minimum Gasteiger partial charge on any atom is -0.298 e. The van der Waals surface area contributed by atoms with Crippen molar-refractivity contribution in [1.82, 2.24) is 0 Å². The van der Waals surface area contributed by atoms with Crippen molar-refractivity contribution in [2.75, 3.05) is 5.33 Å². The number of nitriles is 1. The van der Waals surface area contributed by atoms with E-state index in [-0.39, 0.29) is 22.0 Å². The van der Waals surface area contributed by atoms with E-state index in [0.717, 1.165) is 6.07 Å². The van der Waals surface area contributed by atoms with Crippen LogP contribution in [0.1, 0.15) is 26.3 Å². The second-order valence-corrected chi connectivity index (χ2v) is 3.27. The third-order valence-corrected chi connectivity index (χ3v) is 2.29. The van der Waals surface area contributed by atoms with E-state index < -0.39 is 11.6 Å². The lowest BCUT2D eigenvalue weighted by Crippen LogP contribution is -2.08. The van der Waals surface area contributed by atoms with Gasteiger partial charge in [-0.05, 0) is 12.1 Å². The zero-order chi connectivity index (χ0) is 11.4. The SMILES string of the molecule is N#Cc1cc(F)c(C(=O)CBr)c(C=O)c1. The van der Waals surface area contributed by atoms with Crippen LogP contribution in [-0.4, -0.2) is 17.4 Å². The molecule has 1 rings (SSSR count). The highest BCUT2D eigenvalue weighted by molar-refractivity contribution is 9.09. The van der Waals surface area contributed by atoms with Gasteiger partial charge in [-0.1, -0.05) is 15.9 Å². The van der Waals surface area contributed by atoms with Crippen molar-refractivity contribution in [2.24, 2.45) is 0 Å². The summed E-state index contributed by atoms with van der Waals surface area (Å²) in [5, 5.41) is 8.47. The van der Waals surface area contributed by atoms with Crippen molar-refractivity contribution in [2.45, 2.75) is 0 Å². The first-order valence-electron chi connectivity index (χ1n) is 3.92. The molecule has 0 amide bonds. The fourth-order valence-electron chi connectivity index (χ4n) is 1.15. The minimum atomic E-state index is -0.847. The number of Topliss-reactive ketones (excluding diaryl/α,β-unsaturated/α-hetero) is 1. The molecule has 0 atom stereocenters. The Hall–Kier alpha value is -1.54. The molecular weight excluding hydrogens is 265 g/mol. The van der Waals surface area contributed by atoms with Gasteiger partial charge in [-0.2, -0.15) is 5.26 Å². The third-order valence-electron chi connectivity index (χ3n) is 1.78. The van der Waals surface area contributed by atoms with Gasteiger partial charge in [-0.15, -0.1) is 0 Å². The zero-order valence-electron chi connectivity index (χ0n) is 7.46. The first kappa shape index (κ1) is 11.5. The molecule has 0 N–H and O–H groups in total. The molecule has 0 saturated carbocycles. The monoisotopic (exact) mass is 269 g/mol. The van der Waals surface area contributed by atoms with Gasteiger partial charge >= 0.3 is 0 Å². The Bertz CT molecular complexity index is 465. The average Bonchev–Trinajstić information content (AvgIpc) is 2.26. The molecule has 5 heteroatoms. The quantitative estimate of drug-likeness (QED) is 0.480. The van der Waals surface area contributed by atoms with Crippen LogP contribution in [0.5, 0.6) is 0 Å². The highest BCUT2D eigenvalue weighted by Crippen LogP contribution is 2.16. The van der Waals surface area contributed by atoms with Crippen LogP contribution < -0.4 is 0 Å². The van der Waals surface area contributed by atoms with Crippen molar-refractivity contribution in [3.8, 4) is 6.07 Å². The smallest absolute Gasteiger partial charge is 0.177 e. The molecule has 0 fully saturated rings. The Balaban J connectivity index is 3.45. The van der Waals surface area contributed by atoms with Crippen LogP contribution in [0.4, 0.5) is 4.39 Å². The molecule has 0 aliphatic heterocycles. The second kappa shape index (κ2) is 4.80. The Morgan fingerprint density at radius 2 is 2.27 bits per heavy atom. The topological polar surface area (TPSA) is 57.9 Å². The predicted molar refractivity (Wildman–Crippen MR) is 54.6 cm³/mol. The van der Waals surface area contributed by atoms with Crippen LogP contribution in [0.2, 0.25) is 0 Å². The summed E-state index contributed by atoms with van der Waals surface area (Å²) in [6.07, 6.45) is 0.361. The van der Waals surface area contributed by atoms with Crippen molar-refractivity contribution in [1.29, 1.82) is 5.26 Å². The lowest BCUT2D eigenvalue weighted by Gasteiger charge is -2.03. The molecule has 0 radical (unpaired) electrons. The minimum absolute atomic E-state index is 0.0146. The highest BCUT2D eigenvalue weighted by atomic mass is 79.9.